The number of aryl methyl sites for hydroxylation is 1. The van der Waals surface area contributed by atoms with Crippen LogP contribution in [0.25, 0.3) is 0 Å². The van der Waals surface area contributed by atoms with E-state index in [4.69, 9.17) is 21.1 Å². The van der Waals surface area contributed by atoms with Gasteiger partial charge in [-0.3, -0.25) is 9.59 Å². The Bertz CT molecular complexity index is 1210. The van der Waals surface area contributed by atoms with Gasteiger partial charge in [0.1, 0.15) is 12.6 Å². The highest BCUT2D eigenvalue weighted by atomic mass is 35.5. The number of ether oxygens (including phenoxy) is 2. The van der Waals surface area contributed by atoms with Gasteiger partial charge in [-0.2, -0.15) is 5.10 Å². The first-order chi connectivity index (χ1) is 17.3. The van der Waals surface area contributed by atoms with E-state index in [-0.39, 0.29) is 11.8 Å². The molecule has 0 saturated heterocycles. The molecule has 36 heavy (non-hydrogen) atoms. The average molecular weight is 508 g/mol. The molecule has 0 fully saturated rings. The number of carbonyl (C=O) groups excluding carboxylic acids is 2. The molecule has 3 aromatic rings. The number of benzene rings is 3. The van der Waals surface area contributed by atoms with Crippen LogP contribution in [0.4, 0.5) is 0 Å². The van der Waals surface area contributed by atoms with E-state index in [1.807, 2.05) is 57.2 Å². The molecule has 2 N–H and O–H groups in total. The Morgan fingerprint density at radius 3 is 2.33 bits per heavy atom. The summed E-state index contributed by atoms with van der Waals surface area (Å²) in [5, 5.41) is 7.51. The summed E-state index contributed by atoms with van der Waals surface area (Å²) in [4.78, 5) is 25.3. The molecule has 0 bridgehead atoms. The van der Waals surface area contributed by atoms with Crippen molar-refractivity contribution in [3.63, 3.8) is 0 Å². The number of nitrogens with one attached hydrogen (secondary N) is 2. The lowest BCUT2D eigenvalue weighted by Gasteiger charge is -2.20. The first kappa shape index (κ1) is 26.8. The molecule has 0 saturated carbocycles. The van der Waals surface area contributed by atoms with E-state index in [2.05, 4.69) is 15.8 Å². The molecule has 188 valence electrons. The van der Waals surface area contributed by atoms with Gasteiger partial charge in [-0.05, 0) is 66.4 Å². The van der Waals surface area contributed by atoms with Crippen LogP contribution in [0.2, 0.25) is 5.02 Å². The van der Waals surface area contributed by atoms with Gasteiger partial charge in [0.2, 0.25) is 0 Å². The van der Waals surface area contributed by atoms with E-state index < -0.39 is 11.9 Å². The molecule has 0 radical (unpaired) electrons. The van der Waals surface area contributed by atoms with Crippen molar-refractivity contribution in [1.29, 1.82) is 0 Å². The van der Waals surface area contributed by atoms with Crippen molar-refractivity contribution in [2.45, 2.75) is 33.4 Å². The van der Waals surface area contributed by atoms with E-state index in [0.29, 0.717) is 34.3 Å². The number of amides is 2. The largest absolute Gasteiger partial charge is 0.493 e. The molecule has 3 aromatic carbocycles. The van der Waals surface area contributed by atoms with Crippen molar-refractivity contribution >= 4 is 29.6 Å². The summed E-state index contributed by atoms with van der Waals surface area (Å²) in [6, 6.07) is 19.2. The third kappa shape index (κ3) is 7.58. The van der Waals surface area contributed by atoms with Crippen molar-refractivity contribution in [3.8, 4) is 11.5 Å². The molecule has 0 aliphatic carbocycles. The fourth-order valence-electron chi connectivity index (χ4n) is 3.33. The van der Waals surface area contributed by atoms with Crippen LogP contribution in [0.1, 0.15) is 40.9 Å². The van der Waals surface area contributed by atoms with Crippen LogP contribution >= 0.6 is 11.6 Å². The molecule has 8 heteroatoms. The lowest BCUT2D eigenvalue weighted by Crippen LogP contribution is -2.48. The Morgan fingerprint density at radius 2 is 1.69 bits per heavy atom. The zero-order valence-corrected chi connectivity index (χ0v) is 21.5. The Balaban J connectivity index is 1.60. The van der Waals surface area contributed by atoms with Crippen LogP contribution in [0.3, 0.4) is 0 Å². The topological polar surface area (TPSA) is 89.0 Å². The van der Waals surface area contributed by atoms with Crippen LogP contribution in [0.15, 0.2) is 71.8 Å². The number of halogens is 1. The molecule has 0 aromatic heterocycles. The van der Waals surface area contributed by atoms with Gasteiger partial charge in [0, 0.05) is 10.6 Å². The third-order valence-corrected chi connectivity index (χ3v) is 5.69. The molecule has 0 spiro atoms. The van der Waals surface area contributed by atoms with Crippen LogP contribution in [0, 0.1) is 12.8 Å². The van der Waals surface area contributed by atoms with Gasteiger partial charge in [0.05, 0.1) is 13.3 Å². The maximum absolute atomic E-state index is 12.7. The molecule has 3 rings (SSSR count). The predicted octanol–water partition coefficient (Wildman–Crippen LogP) is 5.14. The van der Waals surface area contributed by atoms with E-state index in [9.17, 15) is 9.59 Å². The summed E-state index contributed by atoms with van der Waals surface area (Å²) in [5.74, 6) is 0.257. The van der Waals surface area contributed by atoms with Crippen molar-refractivity contribution in [2.75, 3.05) is 7.11 Å². The maximum Gasteiger partial charge on any atom is 0.262 e. The first-order valence-corrected chi connectivity index (χ1v) is 11.9. The minimum atomic E-state index is -0.742. The highest BCUT2D eigenvalue weighted by Gasteiger charge is 2.24. The smallest absolute Gasteiger partial charge is 0.262 e. The van der Waals surface area contributed by atoms with E-state index in [1.54, 1.807) is 37.4 Å². The summed E-state index contributed by atoms with van der Waals surface area (Å²) in [7, 11) is 1.55. The zero-order chi connectivity index (χ0) is 26.1. The molecular formula is C28H30ClN3O4. The summed E-state index contributed by atoms with van der Waals surface area (Å²) in [6.45, 7) is 6.03. The molecule has 7 nitrogen and oxygen atoms in total. The Morgan fingerprint density at radius 1 is 1.00 bits per heavy atom. The van der Waals surface area contributed by atoms with Crippen molar-refractivity contribution in [1.82, 2.24) is 10.7 Å². The first-order valence-electron chi connectivity index (χ1n) is 11.5. The fraction of sp³-hybridized carbons (Fsp3) is 0.250. The lowest BCUT2D eigenvalue weighted by atomic mass is 10.0. The number of nitrogens with zero attached hydrogens (tertiary/aromatic N) is 1. The highest BCUT2D eigenvalue weighted by molar-refractivity contribution is 6.30. The normalized spacial score (nSPS) is 11.8. The Hall–Kier alpha value is -3.84. The number of hydrazone groups is 1. The Labute approximate surface area is 216 Å². The zero-order valence-electron chi connectivity index (χ0n) is 20.7. The molecule has 1 unspecified atom stereocenters. The highest BCUT2D eigenvalue weighted by Crippen LogP contribution is 2.28. The van der Waals surface area contributed by atoms with E-state index >= 15 is 0 Å². The van der Waals surface area contributed by atoms with Gasteiger partial charge in [-0.1, -0.05) is 55.3 Å². The second kappa shape index (κ2) is 12.7. The minimum absolute atomic E-state index is 0.133. The number of rotatable bonds is 10. The van der Waals surface area contributed by atoms with Gasteiger partial charge in [-0.15, -0.1) is 0 Å². The van der Waals surface area contributed by atoms with E-state index in [1.165, 1.54) is 6.21 Å². The molecular weight excluding hydrogens is 478 g/mol. The number of carbonyl (C=O) groups is 2. The van der Waals surface area contributed by atoms with Crippen LogP contribution in [-0.4, -0.2) is 31.2 Å². The second-order valence-electron chi connectivity index (χ2n) is 8.62. The molecule has 1 atom stereocenters. The monoisotopic (exact) mass is 507 g/mol. The minimum Gasteiger partial charge on any atom is -0.493 e. The summed E-state index contributed by atoms with van der Waals surface area (Å²) in [5.41, 5.74) is 5.74. The quantitative estimate of drug-likeness (QED) is 0.294. The maximum atomic E-state index is 12.7. The van der Waals surface area contributed by atoms with Crippen molar-refractivity contribution < 1.29 is 19.1 Å². The summed E-state index contributed by atoms with van der Waals surface area (Å²) in [6.07, 6.45) is 1.50. The molecule has 0 heterocycles. The number of hydrogen-bond donors (Lipinski definition) is 2. The summed E-state index contributed by atoms with van der Waals surface area (Å²) < 4.78 is 11.3. The lowest BCUT2D eigenvalue weighted by molar-refractivity contribution is -0.123. The fourth-order valence-corrected chi connectivity index (χ4v) is 3.46. The molecule has 0 aliphatic rings. The predicted molar refractivity (Wildman–Crippen MR) is 142 cm³/mol. The van der Waals surface area contributed by atoms with Gasteiger partial charge in [0.25, 0.3) is 11.8 Å². The average Bonchev–Trinajstić information content (AvgIpc) is 2.87. The van der Waals surface area contributed by atoms with Crippen molar-refractivity contribution in [3.05, 3.63) is 94.0 Å². The van der Waals surface area contributed by atoms with Gasteiger partial charge >= 0.3 is 0 Å². The van der Waals surface area contributed by atoms with Gasteiger partial charge in [-0.25, -0.2) is 5.43 Å². The Kier molecular flexibility index (Phi) is 9.47. The molecule has 2 amide bonds. The van der Waals surface area contributed by atoms with E-state index in [0.717, 1.165) is 11.1 Å². The number of methoxy groups -OCH3 is 1. The van der Waals surface area contributed by atoms with Crippen LogP contribution in [0.5, 0.6) is 11.5 Å². The number of hydrogen-bond acceptors (Lipinski definition) is 5. The van der Waals surface area contributed by atoms with Crippen molar-refractivity contribution in [2.24, 2.45) is 11.0 Å². The van der Waals surface area contributed by atoms with Crippen LogP contribution in [-0.2, 0) is 11.4 Å². The summed E-state index contributed by atoms with van der Waals surface area (Å²) >= 11 is 5.92. The molecule has 0 aliphatic heterocycles. The van der Waals surface area contributed by atoms with Crippen LogP contribution < -0.4 is 20.2 Å². The standard InChI is InChI=1S/C28H30ClN3O4/c1-18(2)26(31-27(33)22-10-5-19(3)6-11-22)28(34)32-30-16-21-9-14-24(25(15-21)35-4)36-17-20-7-12-23(29)13-8-20/h5-16,18,26H,17H2,1-4H3,(H,31,33)(H,32,34)/b30-16-. The second-order valence-corrected chi connectivity index (χ2v) is 9.06. The SMILES string of the molecule is COc1cc(/C=N\NC(=O)C(NC(=O)c2ccc(C)cc2)C(C)C)ccc1OCc1ccc(Cl)cc1. The van der Waals surface area contributed by atoms with Gasteiger partial charge < -0.3 is 14.8 Å². The third-order valence-electron chi connectivity index (χ3n) is 5.43. The van der Waals surface area contributed by atoms with Gasteiger partial charge in [0.15, 0.2) is 11.5 Å².